The van der Waals surface area contributed by atoms with Crippen LogP contribution in [0.5, 0.6) is 0 Å². The van der Waals surface area contributed by atoms with Crippen molar-refractivity contribution in [2.75, 3.05) is 16.0 Å². The van der Waals surface area contributed by atoms with Crippen LogP contribution < -0.4 is 16.0 Å². The first-order valence-corrected chi connectivity index (χ1v) is 21.1. The minimum atomic E-state index is -4.53. The molecule has 9 aromatic rings. The number of fused-ring (bicyclic) bond motifs is 2. The molecular weight excluding hydrogens is 938 g/mol. The van der Waals surface area contributed by atoms with Gasteiger partial charge in [-0.3, -0.25) is 23.7 Å². The smallest absolute Gasteiger partial charge is 0.337 e. The number of rotatable bonds is 10. The highest BCUT2D eigenvalue weighted by molar-refractivity contribution is 6.33. The lowest BCUT2D eigenvalue weighted by molar-refractivity contribution is -0.138. The van der Waals surface area contributed by atoms with Gasteiger partial charge in [-0.15, -0.1) is 0 Å². The van der Waals surface area contributed by atoms with Crippen LogP contribution in [0.25, 0.3) is 46.9 Å². The van der Waals surface area contributed by atoms with E-state index in [0.717, 1.165) is 52.2 Å². The Morgan fingerprint density at radius 2 is 1.10 bits per heavy atom. The fourth-order valence-electron chi connectivity index (χ4n) is 6.76. The van der Waals surface area contributed by atoms with Gasteiger partial charge >= 0.3 is 12.4 Å². The molecule has 9 rings (SSSR count). The van der Waals surface area contributed by atoms with Gasteiger partial charge in [-0.05, 0) is 121 Å². The Labute approximate surface area is 398 Å². The van der Waals surface area contributed by atoms with Gasteiger partial charge < -0.3 is 16.0 Å². The molecule has 0 spiro atoms. The molecule has 4 aromatic carbocycles. The molecule has 0 bridgehead atoms. The van der Waals surface area contributed by atoms with Crippen LogP contribution in [0.1, 0.15) is 54.1 Å². The van der Waals surface area contributed by atoms with Gasteiger partial charge in [0.15, 0.2) is 27.8 Å². The second kappa shape index (κ2) is 20.2. The van der Waals surface area contributed by atoms with E-state index in [9.17, 15) is 35.9 Å². The molecule has 0 unspecified atom stereocenters. The number of anilines is 4. The van der Waals surface area contributed by atoms with Crippen molar-refractivity contribution >= 4 is 93.2 Å². The van der Waals surface area contributed by atoms with Crippen LogP contribution in [0.3, 0.4) is 0 Å². The Kier molecular flexibility index (Phi) is 13.8. The van der Waals surface area contributed by atoms with Crippen molar-refractivity contribution in [2.45, 2.75) is 26.2 Å². The van der Waals surface area contributed by atoms with Gasteiger partial charge in [0.2, 0.25) is 0 Å². The summed E-state index contributed by atoms with van der Waals surface area (Å²) in [6.45, 7) is 3.80. The lowest BCUT2D eigenvalue weighted by Crippen LogP contribution is -2.14. The molecule has 0 radical (unpaired) electrons. The Morgan fingerprint density at radius 3 is 1.61 bits per heavy atom. The van der Waals surface area contributed by atoms with Crippen LogP contribution in [-0.4, -0.2) is 55.8 Å². The summed E-state index contributed by atoms with van der Waals surface area (Å²) < 4.78 is 81.2. The Balaban J connectivity index is 0.000000191. The number of halogens is 7. The zero-order chi connectivity index (χ0) is 49.6. The molecule has 14 nitrogen and oxygen atoms in total. The number of nitrogens with zero attached hydrogens (tertiary/aromatic N) is 9. The van der Waals surface area contributed by atoms with Crippen LogP contribution in [0.4, 0.5) is 49.2 Å². The van der Waals surface area contributed by atoms with Crippen molar-refractivity contribution < 1.29 is 35.9 Å². The fourth-order valence-corrected chi connectivity index (χ4v) is 6.93. The van der Waals surface area contributed by atoms with Crippen molar-refractivity contribution in [2.24, 2.45) is 0 Å². The molecule has 0 aliphatic carbocycles. The van der Waals surface area contributed by atoms with E-state index < -0.39 is 35.3 Å². The van der Waals surface area contributed by atoms with Crippen LogP contribution in [-0.2, 0) is 12.4 Å². The number of imidazole rings is 2. The number of hydrogen-bond donors (Lipinski definition) is 3. The molecular formula is C49H35ClF6N12O2. The van der Waals surface area contributed by atoms with Gasteiger partial charge in [0.05, 0.1) is 23.0 Å². The van der Waals surface area contributed by atoms with E-state index >= 15 is 0 Å². The standard InChI is InChI=1S/C27H20F3N7O.C22H15ClF3N5O/c1-17-7-8-21(36-26(38)19-4-2-5-20(12-19)27(28,29)30)13-18(17)9-11-37-16-34-23-24(32-15-33-25(23)37)35-22-6-3-10-31-14-22;1-13-5-6-17(30-21(32)15-3-2-4-16(9-15)22(24,25)26)10-14(13)7-8-31-12-29-18-19(23)27-11-28-20(18)31/h2-16H,1H3,(H,36,38)(H,32,33,35);2-12H,1H3,(H,30,32)/b11-9+;8-7+. The average Bonchev–Trinajstić information content (AvgIpc) is 3.97. The summed E-state index contributed by atoms with van der Waals surface area (Å²) in [6.07, 6.45) is 7.36. The predicted octanol–water partition coefficient (Wildman–Crippen LogP) is 11.9. The summed E-state index contributed by atoms with van der Waals surface area (Å²) in [5.41, 5.74) is 5.30. The zero-order valence-electron chi connectivity index (χ0n) is 36.5. The topological polar surface area (TPSA) is 170 Å². The van der Waals surface area contributed by atoms with E-state index in [1.165, 1.54) is 36.9 Å². The predicted molar refractivity (Wildman–Crippen MR) is 255 cm³/mol. The summed E-state index contributed by atoms with van der Waals surface area (Å²) in [6, 6.07) is 22.7. The third-order valence-electron chi connectivity index (χ3n) is 10.4. The Bertz CT molecular complexity index is 3450. The molecule has 70 heavy (non-hydrogen) atoms. The first-order valence-electron chi connectivity index (χ1n) is 20.7. The van der Waals surface area contributed by atoms with E-state index in [1.807, 2.05) is 32.1 Å². The van der Waals surface area contributed by atoms with Crippen LogP contribution in [0.2, 0.25) is 5.15 Å². The molecule has 0 aliphatic rings. The third-order valence-corrected chi connectivity index (χ3v) is 10.7. The van der Waals surface area contributed by atoms with Gasteiger partial charge in [0.25, 0.3) is 11.8 Å². The minimum Gasteiger partial charge on any atom is -0.337 e. The zero-order valence-corrected chi connectivity index (χ0v) is 37.3. The van der Waals surface area contributed by atoms with Crippen molar-refractivity contribution in [3.05, 3.63) is 184 Å². The quantitative estimate of drug-likeness (QED) is 0.0885. The first-order chi connectivity index (χ1) is 33.5. The van der Waals surface area contributed by atoms with E-state index in [4.69, 9.17) is 11.6 Å². The van der Waals surface area contributed by atoms with Crippen LogP contribution in [0.15, 0.2) is 135 Å². The van der Waals surface area contributed by atoms with Crippen LogP contribution >= 0.6 is 11.6 Å². The minimum absolute atomic E-state index is 0.0843. The number of benzene rings is 4. The highest BCUT2D eigenvalue weighted by Gasteiger charge is 2.32. The number of aromatic nitrogens is 9. The maximum atomic E-state index is 13.0. The normalized spacial score (nSPS) is 11.8. The van der Waals surface area contributed by atoms with Gasteiger partial charge in [-0.1, -0.05) is 35.9 Å². The van der Waals surface area contributed by atoms with E-state index in [-0.39, 0.29) is 16.3 Å². The summed E-state index contributed by atoms with van der Waals surface area (Å²) in [4.78, 5) is 54.5. The van der Waals surface area contributed by atoms with Gasteiger partial charge in [0.1, 0.15) is 30.8 Å². The van der Waals surface area contributed by atoms with Crippen molar-refractivity contribution in [3.63, 3.8) is 0 Å². The lowest BCUT2D eigenvalue weighted by atomic mass is 10.1. The van der Waals surface area contributed by atoms with E-state index in [2.05, 4.69) is 50.8 Å². The molecule has 0 saturated carbocycles. The third kappa shape index (κ3) is 11.3. The number of amides is 2. The largest absolute Gasteiger partial charge is 0.416 e. The van der Waals surface area contributed by atoms with Crippen LogP contribution in [0, 0.1) is 13.8 Å². The molecule has 21 heteroatoms. The van der Waals surface area contributed by atoms with E-state index in [1.54, 1.807) is 89.1 Å². The molecule has 5 aromatic heterocycles. The maximum absolute atomic E-state index is 13.0. The Hall–Kier alpha value is -8.78. The first kappa shape index (κ1) is 47.7. The number of alkyl halides is 6. The SMILES string of the molecule is Cc1ccc(NC(=O)c2cccc(C(F)(F)F)c2)cc1/C=C/n1cnc2c(Cl)ncnc21.Cc1ccc(NC(=O)c2cccc(C(F)(F)F)c2)cc1/C=C/n1cnc2c(Nc3cccnc3)ncnc21. The lowest BCUT2D eigenvalue weighted by Gasteiger charge is -2.10. The summed E-state index contributed by atoms with van der Waals surface area (Å²) >= 11 is 6.01. The number of aryl methyl sites for hydroxylation is 2. The molecule has 5 heterocycles. The van der Waals surface area contributed by atoms with Gasteiger partial charge in [0, 0.05) is 41.1 Å². The number of carbonyl (C=O) groups is 2. The number of pyridine rings is 1. The van der Waals surface area contributed by atoms with Gasteiger partial charge in [-0.25, -0.2) is 29.9 Å². The second-order valence-corrected chi connectivity index (χ2v) is 15.6. The number of nitrogens with one attached hydrogen (secondary N) is 3. The maximum Gasteiger partial charge on any atom is 0.416 e. The van der Waals surface area contributed by atoms with Crippen molar-refractivity contribution in [3.8, 4) is 0 Å². The Morgan fingerprint density at radius 1 is 0.586 bits per heavy atom. The average molecular weight is 973 g/mol. The second-order valence-electron chi connectivity index (χ2n) is 15.2. The van der Waals surface area contributed by atoms with Gasteiger partial charge in [-0.2, -0.15) is 26.3 Å². The monoisotopic (exact) mass is 972 g/mol. The fraction of sp³-hybridized carbons (Fsp3) is 0.0816. The molecule has 0 saturated heterocycles. The highest BCUT2D eigenvalue weighted by atomic mass is 35.5. The molecule has 0 atom stereocenters. The molecule has 352 valence electrons. The molecule has 3 N–H and O–H groups in total. The number of hydrogen-bond acceptors (Lipinski definition) is 10. The molecule has 0 aliphatic heterocycles. The van der Waals surface area contributed by atoms with Crippen molar-refractivity contribution in [1.82, 2.24) is 44.0 Å². The molecule has 0 fully saturated rings. The summed E-state index contributed by atoms with van der Waals surface area (Å²) in [5.74, 6) is -0.742. The summed E-state index contributed by atoms with van der Waals surface area (Å²) in [7, 11) is 0. The van der Waals surface area contributed by atoms with E-state index in [0.29, 0.717) is 39.5 Å². The molecule has 2 amide bonds. The summed E-state index contributed by atoms with van der Waals surface area (Å²) in [5, 5.41) is 8.73. The number of carbonyl (C=O) groups excluding carboxylic acids is 2. The highest BCUT2D eigenvalue weighted by Crippen LogP contribution is 2.31. The van der Waals surface area contributed by atoms with Crippen molar-refractivity contribution in [1.29, 1.82) is 0 Å².